The van der Waals surface area contributed by atoms with Crippen LogP contribution in [0.15, 0.2) is 4.52 Å². The summed E-state index contributed by atoms with van der Waals surface area (Å²) in [7, 11) is 1.72. The number of rotatable bonds is 5. The van der Waals surface area contributed by atoms with Crippen molar-refractivity contribution in [1.29, 1.82) is 0 Å². The average molecular weight is 296 g/mol. The van der Waals surface area contributed by atoms with E-state index >= 15 is 0 Å². The van der Waals surface area contributed by atoms with Crippen molar-refractivity contribution in [2.75, 3.05) is 7.11 Å². The van der Waals surface area contributed by atoms with Crippen LogP contribution in [0.25, 0.3) is 0 Å². The summed E-state index contributed by atoms with van der Waals surface area (Å²) in [4.78, 5) is 4.58. The van der Waals surface area contributed by atoms with E-state index in [0.717, 1.165) is 31.6 Å². The molecule has 2 unspecified atom stereocenters. The molecule has 2 rings (SSSR count). The van der Waals surface area contributed by atoms with Gasteiger partial charge in [0.15, 0.2) is 0 Å². The highest BCUT2D eigenvalue weighted by Gasteiger charge is 2.41. The van der Waals surface area contributed by atoms with E-state index in [0.29, 0.717) is 11.7 Å². The summed E-state index contributed by atoms with van der Waals surface area (Å²) in [6.07, 6.45) is 3.56. The summed E-state index contributed by atoms with van der Waals surface area (Å²) >= 11 is 0. The first-order chi connectivity index (χ1) is 9.89. The zero-order chi connectivity index (χ0) is 15.6. The summed E-state index contributed by atoms with van der Waals surface area (Å²) in [5.41, 5.74) is -0.422. The van der Waals surface area contributed by atoms with Gasteiger partial charge in [0.05, 0.1) is 12.0 Å². The van der Waals surface area contributed by atoms with Gasteiger partial charge in [-0.3, -0.25) is 0 Å². The largest absolute Gasteiger partial charge is 0.393 e. The third-order valence-electron chi connectivity index (χ3n) is 4.85. The molecule has 1 N–H and O–H groups in total. The molecule has 0 bridgehead atoms. The molecule has 5 heteroatoms. The Balaban J connectivity index is 2.25. The van der Waals surface area contributed by atoms with E-state index < -0.39 is 11.7 Å². The van der Waals surface area contributed by atoms with Crippen LogP contribution >= 0.6 is 0 Å². The van der Waals surface area contributed by atoms with Gasteiger partial charge in [0.1, 0.15) is 5.60 Å². The Hall–Kier alpha value is -0.940. The van der Waals surface area contributed by atoms with Crippen molar-refractivity contribution in [2.24, 2.45) is 11.8 Å². The molecule has 1 aromatic rings. The quantitative estimate of drug-likeness (QED) is 0.903. The maximum Gasteiger partial charge on any atom is 0.232 e. The predicted octanol–water partition coefficient (Wildman–Crippen LogP) is 3.24. The van der Waals surface area contributed by atoms with Gasteiger partial charge in [0, 0.05) is 7.11 Å². The number of nitrogens with zero attached hydrogens (tertiary/aromatic N) is 2. The average Bonchev–Trinajstić information content (AvgIpc) is 2.89. The molecular weight excluding hydrogens is 268 g/mol. The Bertz CT molecular complexity index is 440. The molecule has 1 fully saturated rings. The number of methoxy groups -OCH3 is 1. The monoisotopic (exact) mass is 296 g/mol. The lowest BCUT2D eigenvalue weighted by Crippen LogP contribution is -2.34. The lowest BCUT2D eigenvalue weighted by atomic mass is 9.79. The number of aromatic nitrogens is 2. The van der Waals surface area contributed by atoms with Gasteiger partial charge in [-0.25, -0.2) is 0 Å². The lowest BCUT2D eigenvalue weighted by Gasteiger charge is -2.35. The first-order valence-corrected chi connectivity index (χ1v) is 7.97. The van der Waals surface area contributed by atoms with Crippen LogP contribution in [0.5, 0.6) is 0 Å². The summed E-state index contributed by atoms with van der Waals surface area (Å²) in [5, 5.41) is 14.1. The third-order valence-corrected chi connectivity index (χ3v) is 4.85. The Morgan fingerprint density at radius 2 is 1.90 bits per heavy atom. The van der Waals surface area contributed by atoms with Crippen LogP contribution in [0.4, 0.5) is 0 Å². The van der Waals surface area contributed by atoms with E-state index in [1.807, 2.05) is 0 Å². The standard InChI is InChI=1S/C16H28N2O3/c1-10(2)13(12(4)19)14-17-15(18-21-14)16(20-5)8-6-11(3)7-9-16/h10-13,19H,6-9H2,1-5H3. The topological polar surface area (TPSA) is 68.4 Å². The van der Waals surface area contributed by atoms with Gasteiger partial charge < -0.3 is 14.4 Å². The van der Waals surface area contributed by atoms with Gasteiger partial charge in [-0.2, -0.15) is 4.98 Å². The smallest absolute Gasteiger partial charge is 0.232 e. The van der Waals surface area contributed by atoms with Crippen LogP contribution in [0.1, 0.15) is 71.0 Å². The van der Waals surface area contributed by atoms with Crippen molar-refractivity contribution in [1.82, 2.24) is 10.1 Å². The van der Waals surface area contributed by atoms with E-state index in [4.69, 9.17) is 9.26 Å². The molecule has 21 heavy (non-hydrogen) atoms. The van der Waals surface area contributed by atoms with Crippen LogP contribution in [0, 0.1) is 11.8 Å². The summed E-state index contributed by atoms with van der Waals surface area (Å²) in [5.74, 6) is 1.98. The molecule has 1 aliphatic rings. The molecule has 0 aliphatic heterocycles. The minimum absolute atomic E-state index is 0.136. The highest BCUT2D eigenvalue weighted by molar-refractivity contribution is 5.07. The fraction of sp³-hybridized carbons (Fsp3) is 0.875. The van der Waals surface area contributed by atoms with Gasteiger partial charge in [0.2, 0.25) is 11.7 Å². The van der Waals surface area contributed by atoms with Crippen molar-refractivity contribution in [3.8, 4) is 0 Å². The highest BCUT2D eigenvalue weighted by atomic mass is 16.5. The first kappa shape index (κ1) is 16.4. The molecule has 5 nitrogen and oxygen atoms in total. The molecular formula is C16H28N2O3. The zero-order valence-corrected chi connectivity index (χ0v) is 13.8. The Morgan fingerprint density at radius 1 is 1.29 bits per heavy atom. The zero-order valence-electron chi connectivity index (χ0n) is 13.8. The number of hydrogen-bond acceptors (Lipinski definition) is 5. The molecule has 1 saturated carbocycles. The lowest BCUT2D eigenvalue weighted by molar-refractivity contribution is -0.0609. The fourth-order valence-corrected chi connectivity index (χ4v) is 3.35. The first-order valence-electron chi connectivity index (χ1n) is 7.97. The minimum atomic E-state index is -0.511. The second-order valence-corrected chi connectivity index (χ2v) is 6.85. The molecule has 120 valence electrons. The van der Waals surface area contributed by atoms with E-state index in [1.54, 1.807) is 14.0 Å². The second kappa shape index (κ2) is 6.44. The Morgan fingerprint density at radius 3 is 2.38 bits per heavy atom. The van der Waals surface area contributed by atoms with Crippen LogP contribution < -0.4 is 0 Å². The Kier molecular flexibility index (Phi) is 5.04. The van der Waals surface area contributed by atoms with Crippen molar-refractivity contribution < 1.29 is 14.4 Å². The molecule has 0 spiro atoms. The van der Waals surface area contributed by atoms with E-state index in [1.165, 1.54) is 0 Å². The molecule has 0 amide bonds. The minimum Gasteiger partial charge on any atom is -0.393 e. The SMILES string of the molecule is COC1(c2noc(C(C(C)C)C(C)O)n2)CCC(C)CC1. The van der Waals surface area contributed by atoms with Gasteiger partial charge in [0.25, 0.3) is 0 Å². The molecule has 0 aromatic carbocycles. The number of aliphatic hydroxyl groups excluding tert-OH is 1. The van der Waals surface area contributed by atoms with Crippen molar-refractivity contribution in [3.63, 3.8) is 0 Å². The molecule has 0 radical (unpaired) electrons. The van der Waals surface area contributed by atoms with Gasteiger partial charge >= 0.3 is 0 Å². The van der Waals surface area contributed by atoms with E-state index in [-0.39, 0.29) is 11.8 Å². The maximum atomic E-state index is 9.95. The van der Waals surface area contributed by atoms with Gasteiger partial charge in [-0.05, 0) is 44.4 Å². The van der Waals surface area contributed by atoms with Crippen molar-refractivity contribution in [3.05, 3.63) is 11.7 Å². The van der Waals surface area contributed by atoms with Crippen LogP contribution in [0.2, 0.25) is 0 Å². The van der Waals surface area contributed by atoms with Crippen molar-refractivity contribution >= 4 is 0 Å². The summed E-state index contributed by atoms with van der Waals surface area (Å²) in [6, 6.07) is 0. The highest BCUT2D eigenvalue weighted by Crippen LogP contribution is 2.41. The third kappa shape index (κ3) is 3.29. The maximum absolute atomic E-state index is 9.95. The normalized spacial score (nSPS) is 29.6. The van der Waals surface area contributed by atoms with Gasteiger partial charge in [-0.15, -0.1) is 0 Å². The van der Waals surface area contributed by atoms with Crippen LogP contribution in [0.3, 0.4) is 0 Å². The number of ether oxygens (including phenoxy) is 1. The van der Waals surface area contributed by atoms with Crippen LogP contribution in [-0.2, 0) is 10.3 Å². The Labute approximate surface area is 127 Å². The van der Waals surface area contributed by atoms with Gasteiger partial charge in [-0.1, -0.05) is 25.9 Å². The number of hydrogen-bond donors (Lipinski definition) is 1. The summed E-state index contributed by atoms with van der Waals surface area (Å²) < 4.78 is 11.2. The van der Waals surface area contributed by atoms with Crippen LogP contribution in [-0.4, -0.2) is 28.5 Å². The predicted molar refractivity (Wildman–Crippen MR) is 79.9 cm³/mol. The molecule has 0 saturated heterocycles. The molecule has 1 aromatic heterocycles. The molecule has 1 aliphatic carbocycles. The summed E-state index contributed by atoms with van der Waals surface area (Å²) in [6.45, 7) is 8.14. The molecule has 1 heterocycles. The number of aliphatic hydroxyl groups is 1. The molecule has 2 atom stereocenters. The van der Waals surface area contributed by atoms with E-state index in [2.05, 4.69) is 30.9 Å². The fourth-order valence-electron chi connectivity index (χ4n) is 3.35. The van der Waals surface area contributed by atoms with Crippen molar-refractivity contribution in [2.45, 2.75) is 71.0 Å². The van der Waals surface area contributed by atoms with E-state index in [9.17, 15) is 5.11 Å². The second-order valence-electron chi connectivity index (χ2n) is 6.85.